The van der Waals surface area contributed by atoms with E-state index in [1.165, 1.54) is 0 Å². The Balaban J connectivity index is 1.96. The van der Waals surface area contributed by atoms with Gasteiger partial charge in [0.15, 0.2) is 0 Å². The SMILES string of the molecule is Cc1ccc(C#N)cc1NCCc1ccccn1. The van der Waals surface area contributed by atoms with Crippen LogP contribution < -0.4 is 5.32 Å². The maximum absolute atomic E-state index is 8.87. The highest BCUT2D eigenvalue weighted by Gasteiger charge is 2.00. The standard InChI is InChI=1S/C15H15N3/c1-12-5-6-13(11-16)10-15(12)18-9-7-14-4-2-3-8-17-14/h2-6,8,10,18H,7,9H2,1H3. The minimum Gasteiger partial charge on any atom is -0.384 e. The molecule has 18 heavy (non-hydrogen) atoms. The zero-order chi connectivity index (χ0) is 12.8. The number of pyridine rings is 1. The van der Waals surface area contributed by atoms with Crippen molar-refractivity contribution in [3.05, 3.63) is 59.4 Å². The Hall–Kier alpha value is -2.34. The van der Waals surface area contributed by atoms with Crippen LogP contribution >= 0.6 is 0 Å². The molecule has 3 nitrogen and oxygen atoms in total. The first-order valence-electron chi connectivity index (χ1n) is 5.94. The van der Waals surface area contributed by atoms with Gasteiger partial charge in [0.25, 0.3) is 0 Å². The summed E-state index contributed by atoms with van der Waals surface area (Å²) in [5.74, 6) is 0. The molecule has 0 unspecified atom stereocenters. The van der Waals surface area contributed by atoms with E-state index in [4.69, 9.17) is 5.26 Å². The molecule has 2 aromatic rings. The number of nitrogens with one attached hydrogen (secondary N) is 1. The molecule has 1 heterocycles. The molecule has 0 radical (unpaired) electrons. The highest BCUT2D eigenvalue weighted by molar-refractivity contribution is 5.55. The number of rotatable bonds is 4. The molecule has 0 spiro atoms. The van der Waals surface area contributed by atoms with Crippen molar-refractivity contribution in [3.63, 3.8) is 0 Å². The lowest BCUT2D eigenvalue weighted by Crippen LogP contribution is -2.07. The van der Waals surface area contributed by atoms with Gasteiger partial charge in [-0.15, -0.1) is 0 Å². The van der Waals surface area contributed by atoms with Gasteiger partial charge in [-0.1, -0.05) is 12.1 Å². The number of aryl methyl sites for hydroxylation is 1. The molecule has 0 fully saturated rings. The Labute approximate surface area is 107 Å². The Morgan fingerprint density at radius 3 is 2.89 bits per heavy atom. The largest absolute Gasteiger partial charge is 0.384 e. The lowest BCUT2D eigenvalue weighted by Gasteiger charge is -2.09. The zero-order valence-corrected chi connectivity index (χ0v) is 10.4. The number of anilines is 1. The third-order valence-corrected chi connectivity index (χ3v) is 2.79. The van der Waals surface area contributed by atoms with Gasteiger partial charge in [-0.25, -0.2) is 0 Å². The summed E-state index contributed by atoms with van der Waals surface area (Å²) >= 11 is 0. The summed E-state index contributed by atoms with van der Waals surface area (Å²) in [5, 5.41) is 12.2. The average molecular weight is 237 g/mol. The Morgan fingerprint density at radius 1 is 1.28 bits per heavy atom. The molecule has 0 saturated heterocycles. The molecule has 3 heteroatoms. The fraction of sp³-hybridized carbons (Fsp3) is 0.200. The minimum absolute atomic E-state index is 0.681. The van der Waals surface area contributed by atoms with E-state index in [0.29, 0.717) is 5.56 Å². The van der Waals surface area contributed by atoms with Gasteiger partial charge < -0.3 is 5.32 Å². The molecule has 0 atom stereocenters. The first-order chi connectivity index (χ1) is 8.79. The van der Waals surface area contributed by atoms with E-state index in [1.54, 1.807) is 6.20 Å². The van der Waals surface area contributed by atoms with Crippen LogP contribution in [0.4, 0.5) is 5.69 Å². The molecule has 0 aliphatic heterocycles. The molecule has 1 N–H and O–H groups in total. The van der Waals surface area contributed by atoms with E-state index in [1.807, 2.05) is 43.3 Å². The van der Waals surface area contributed by atoms with Crippen molar-refractivity contribution in [1.82, 2.24) is 4.98 Å². The van der Waals surface area contributed by atoms with Gasteiger partial charge in [-0.2, -0.15) is 5.26 Å². The summed E-state index contributed by atoms with van der Waals surface area (Å²) in [6, 6.07) is 13.7. The van der Waals surface area contributed by atoms with Crippen LogP contribution in [0.1, 0.15) is 16.8 Å². The van der Waals surface area contributed by atoms with Crippen molar-refractivity contribution < 1.29 is 0 Å². The summed E-state index contributed by atoms with van der Waals surface area (Å²) < 4.78 is 0. The second-order valence-corrected chi connectivity index (χ2v) is 4.14. The minimum atomic E-state index is 0.681. The topological polar surface area (TPSA) is 48.7 Å². The number of nitriles is 1. The van der Waals surface area contributed by atoms with Crippen LogP contribution in [0.3, 0.4) is 0 Å². The molecule has 2 rings (SSSR count). The van der Waals surface area contributed by atoms with Crippen molar-refractivity contribution in [3.8, 4) is 6.07 Å². The van der Waals surface area contributed by atoms with Gasteiger partial charge in [0, 0.05) is 30.5 Å². The summed E-state index contributed by atoms with van der Waals surface area (Å²) in [4.78, 5) is 4.27. The Kier molecular flexibility index (Phi) is 3.93. The quantitative estimate of drug-likeness (QED) is 0.889. The Morgan fingerprint density at radius 2 is 2.17 bits per heavy atom. The van der Waals surface area contributed by atoms with Crippen LogP contribution in [0, 0.1) is 18.3 Å². The van der Waals surface area contributed by atoms with Gasteiger partial charge in [0.05, 0.1) is 11.6 Å². The van der Waals surface area contributed by atoms with Crippen molar-refractivity contribution in [2.75, 3.05) is 11.9 Å². The number of hydrogen-bond acceptors (Lipinski definition) is 3. The predicted octanol–water partition coefficient (Wildman–Crippen LogP) is 2.92. The van der Waals surface area contributed by atoms with E-state index in [9.17, 15) is 0 Å². The van der Waals surface area contributed by atoms with Crippen molar-refractivity contribution in [1.29, 1.82) is 5.26 Å². The third-order valence-electron chi connectivity index (χ3n) is 2.79. The molecule has 0 bridgehead atoms. The second-order valence-electron chi connectivity index (χ2n) is 4.14. The van der Waals surface area contributed by atoms with E-state index < -0.39 is 0 Å². The normalized spacial score (nSPS) is 9.78. The van der Waals surface area contributed by atoms with Gasteiger partial charge in [0.2, 0.25) is 0 Å². The first kappa shape index (κ1) is 12.1. The first-order valence-corrected chi connectivity index (χ1v) is 5.94. The summed E-state index contributed by atoms with van der Waals surface area (Å²) in [6.45, 7) is 2.84. The summed E-state index contributed by atoms with van der Waals surface area (Å²) in [5.41, 5.74) is 3.92. The second kappa shape index (κ2) is 5.83. The number of benzene rings is 1. The van der Waals surface area contributed by atoms with Crippen molar-refractivity contribution >= 4 is 5.69 Å². The molecule has 0 aliphatic rings. The van der Waals surface area contributed by atoms with Crippen LogP contribution in [0.2, 0.25) is 0 Å². The fourth-order valence-electron chi connectivity index (χ4n) is 1.75. The van der Waals surface area contributed by atoms with Gasteiger partial charge in [0.1, 0.15) is 0 Å². The Bertz CT molecular complexity index is 556. The van der Waals surface area contributed by atoms with Crippen LogP contribution in [0.25, 0.3) is 0 Å². The highest BCUT2D eigenvalue weighted by Crippen LogP contribution is 2.16. The molecule has 90 valence electrons. The lowest BCUT2D eigenvalue weighted by molar-refractivity contribution is 0.960. The highest BCUT2D eigenvalue weighted by atomic mass is 14.9. The molecule has 0 aliphatic carbocycles. The van der Waals surface area contributed by atoms with Gasteiger partial charge in [-0.3, -0.25) is 4.98 Å². The smallest absolute Gasteiger partial charge is 0.0992 e. The van der Waals surface area contributed by atoms with Gasteiger partial charge >= 0.3 is 0 Å². The van der Waals surface area contributed by atoms with Crippen molar-refractivity contribution in [2.45, 2.75) is 13.3 Å². The van der Waals surface area contributed by atoms with E-state index in [2.05, 4.69) is 16.4 Å². The van der Waals surface area contributed by atoms with Crippen LogP contribution in [-0.2, 0) is 6.42 Å². The predicted molar refractivity (Wildman–Crippen MR) is 72.3 cm³/mol. The summed E-state index contributed by atoms with van der Waals surface area (Å²) in [6.07, 6.45) is 2.67. The number of hydrogen-bond donors (Lipinski definition) is 1. The van der Waals surface area contributed by atoms with Crippen LogP contribution in [-0.4, -0.2) is 11.5 Å². The van der Waals surface area contributed by atoms with Gasteiger partial charge in [-0.05, 0) is 36.8 Å². The van der Waals surface area contributed by atoms with Crippen LogP contribution in [0.5, 0.6) is 0 Å². The monoisotopic (exact) mass is 237 g/mol. The fourth-order valence-corrected chi connectivity index (χ4v) is 1.75. The number of nitrogens with zero attached hydrogens (tertiary/aromatic N) is 2. The summed E-state index contributed by atoms with van der Waals surface area (Å²) in [7, 11) is 0. The molecule has 0 saturated carbocycles. The average Bonchev–Trinajstić information content (AvgIpc) is 2.42. The van der Waals surface area contributed by atoms with Crippen LogP contribution in [0.15, 0.2) is 42.6 Å². The molecule has 1 aromatic heterocycles. The molecule has 0 amide bonds. The van der Waals surface area contributed by atoms with E-state index in [-0.39, 0.29) is 0 Å². The molecule has 1 aromatic carbocycles. The maximum atomic E-state index is 8.87. The molecular formula is C15H15N3. The van der Waals surface area contributed by atoms with E-state index in [0.717, 1.165) is 29.9 Å². The zero-order valence-electron chi connectivity index (χ0n) is 10.4. The van der Waals surface area contributed by atoms with E-state index >= 15 is 0 Å². The number of aromatic nitrogens is 1. The maximum Gasteiger partial charge on any atom is 0.0992 e. The van der Waals surface area contributed by atoms with Crippen molar-refractivity contribution in [2.24, 2.45) is 0 Å². The lowest BCUT2D eigenvalue weighted by atomic mass is 10.1. The molecular weight excluding hydrogens is 222 g/mol. The third kappa shape index (κ3) is 3.08.